The molecule has 0 spiro atoms. The van der Waals surface area contributed by atoms with Crippen LogP contribution in [0.3, 0.4) is 0 Å². The third kappa shape index (κ3) is 5.77. The molecule has 2 aliphatic rings. The fraction of sp³-hybridized carbons (Fsp3) is 0.800. The van der Waals surface area contributed by atoms with Gasteiger partial charge in [0, 0.05) is 26.3 Å². The summed E-state index contributed by atoms with van der Waals surface area (Å²) >= 11 is 0. The summed E-state index contributed by atoms with van der Waals surface area (Å²) in [5.41, 5.74) is -0.540. The molecular formula is C20H33N5O3. The highest BCUT2D eigenvalue weighted by Crippen LogP contribution is 2.34. The van der Waals surface area contributed by atoms with Gasteiger partial charge in [0.25, 0.3) is 0 Å². The molecule has 156 valence electrons. The normalized spacial score (nSPS) is 21.8. The Kier molecular flexibility index (Phi) is 7.42. The summed E-state index contributed by atoms with van der Waals surface area (Å²) in [6.45, 7) is 4.38. The van der Waals surface area contributed by atoms with Crippen LogP contribution in [0.4, 0.5) is 0 Å². The zero-order valence-electron chi connectivity index (χ0n) is 16.9. The van der Waals surface area contributed by atoms with E-state index >= 15 is 0 Å². The number of amides is 2. The Labute approximate surface area is 166 Å². The second kappa shape index (κ2) is 10.0. The summed E-state index contributed by atoms with van der Waals surface area (Å²) < 4.78 is 5.40. The molecule has 3 rings (SSSR count). The molecular weight excluding hydrogens is 358 g/mol. The molecule has 2 fully saturated rings. The Balaban J connectivity index is 1.50. The van der Waals surface area contributed by atoms with Gasteiger partial charge in [-0.05, 0) is 44.7 Å². The molecule has 2 amide bonds. The second-order valence-electron chi connectivity index (χ2n) is 8.19. The average molecular weight is 392 g/mol. The van der Waals surface area contributed by atoms with Crippen molar-refractivity contribution in [3.63, 3.8) is 0 Å². The van der Waals surface area contributed by atoms with Crippen LogP contribution in [-0.4, -0.2) is 41.6 Å². The van der Waals surface area contributed by atoms with Crippen molar-refractivity contribution in [1.82, 2.24) is 26.1 Å². The van der Waals surface area contributed by atoms with E-state index in [0.29, 0.717) is 37.0 Å². The molecule has 8 nitrogen and oxygen atoms in total. The highest BCUT2D eigenvalue weighted by molar-refractivity contribution is 5.76. The predicted molar refractivity (Wildman–Crippen MR) is 104 cm³/mol. The van der Waals surface area contributed by atoms with Crippen LogP contribution in [0, 0.1) is 5.92 Å². The first-order valence-electron chi connectivity index (χ1n) is 10.7. The lowest BCUT2D eigenvalue weighted by Gasteiger charge is -2.30. The van der Waals surface area contributed by atoms with Gasteiger partial charge in [-0.2, -0.15) is 4.98 Å². The molecule has 2 heterocycles. The van der Waals surface area contributed by atoms with E-state index in [2.05, 4.69) is 26.1 Å². The molecule has 1 aromatic rings. The van der Waals surface area contributed by atoms with Crippen molar-refractivity contribution in [2.24, 2.45) is 5.92 Å². The van der Waals surface area contributed by atoms with Gasteiger partial charge in [-0.25, -0.2) is 0 Å². The Bertz CT molecular complexity index is 646. The fourth-order valence-electron chi connectivity index (χ4n) is 4.31. The minimum absolute atomic E-state index is 0.0109. The van der Waals surface area contributed by atoms with Crippen molar-refractivity contribution in [3.05, 3.63) is 11.7 Å². The standard InChI is InChI=1S/C20H33N5O3/c1-15(26)24-20(10-4-2-3-5-11-20)19-23-18(28-25-19)7-6-17(27)22-13-9-16-8-12-21-14-16/h16,21H,2-14H2,1H3,(H,22,27)(H,24,26). The van der Waals surface area contributed by atoms with Crippen molar-refractivity contribution in [1.29, 1.82) is 0 Å². The van der Waals surface area contributed by atoms with Crippen LogP contribution < -0.4 is 16.0 Å². The van der Waals surface area contributed by atoms with E-state index in [1.807, 2.05) is 0 Å². The number of hydrogen-bond acceptors (Lipinski definition) is 6. The van der Waals surface area contributed by atoms with Gasteiger partial charge in [-0.3, -0.25) is 9.59 Å². The van der Waals surface area contributed by atoms with Gasteiger partial charge in [0.05, 0.1) is 0 Å². The Hall–Kier alpha value is -1.96. The van der Waals surface area contributed by atoms with Crippen molar-refractivity contribution in [3.8, 4) is 0 Å². The van der Waals surface area contributed by atoms with Gasteiger partial charge in [-0.1, -0.05) is 30.8 Å². The summed E-state index contributed by atoms with van der Waals surface area (Å²) in [4.78, 5) is 28.4. The summed E-state index contributed by atoms with van der Waals surface area (Å²) in [5.74, 6) is 1.61. The Morgan fingerprint density at radius 1 is 1.25 bits per heavy atom. The largest absolute Gasteiger partial charge is 0.356 e. The molecule has 1 aromatic heterocycles. The number of nitrogens with one attached hydrogen (secondary N) is 3. The third-order valence-corrected chi connectivity index (χ3v) is 5.87. The van der Waals surface area contributed by atoms with E-state index in [4.69, 9.17) is 4.52 Å². The summed E-state index contributed by atoms with van der Waals surface area (Å²) in [5, 5.41) is 13.6. The Morgan fingerprint density at radius 3 is 2.71 bits per heavy atom. The van der Waals surface area contributed by atoms with Crippen LogP contribution in [0.15, 0.2) is 4.52 Å². The molecule has 1 saturated heterocycles. The molecule has 8 heteroatoms. The number of carbonyl (C=O) groups excluding carboxylic acids is 2. The predicted octanol–water partition coefficient (Wildman–Crippen LogP) is 1.80. The number of nitrogens with zero attached hydrogens (tertiary/aromatic N) is 2. The van der Waals surface area contributed by atoms with Gasteiger partial charge in [-0.15, -0.1) is 0 Å². The minimum atomic E-state index is -0.540. The van der Waals surface area contributed by atoms with Crippen LogP contribution in [0.2, 0.25) is 0 Å². The van der Waals surface area contributed by atoms with Crippen LogP contribution in [-0.2, 0) is 21.5 Å². The highest BCUT2D eigenvalue weighted by atomic mass is 16.5. The molecule has 1 aliphatic heterocycles. The van der Waals surface area contributed by atoms with Gasteiger partial charge in [0.2, 0.25) is 17.7 Å². The van der Waals surface area contributed by atoms with Crippen molar-refractivity contribution >= 4 is 11.8 Å². The maximum atomic E-state index is 12.1. The smallest absolute Gasteiger partial charge is 0.227 e. The number of hydrogen-bond donors (Lipinski definition) is 3. The number of aryl methyl sites for hydroxylation is 1. The Morgan fingerprint density at radius 2 is 2.04 bits per heavy atom. The van der Waals surface area contributed by atoms with Crippen molar-refractivity contribution in [2.45, 2.75) is 76.7 Å². The quantitative estimate of drug-likeness (QED) is 0.583. The third-order valence-electron chi connectivity index (χ3n) is 5.87. The van der Waals surface area contributed by atoms with E-state index in [1.54, 1.807) is 0 Å². The van der Waals surface area contributed by atoms with E-state index in [9.17, 15) is 9.59 Å². The van der Waals surface area contributed by atoms with Crippen molar-refractivity contribution in [2.75, 3.05) is 19.6 Å². The van der Waals surface area contributed by atoms with Gasteiger partial charge in [0.15, 0.2) is 5.82 Å². The van der Waals surface area contributed by atoms with E-state index in [-0.39, 0.29) is 11.8 Å². The number of rotatable bonds is 8. The van der Waals surface area contributed by atoms with Crippen LogP contribution >= 0.6 is 0 Å². The average Bonchev–Trinajstić information content (AvgIpc) is 3.29. The van der Waals surface area contributed by atoms with Crippen LogP contribution in [0.25, 0.3) is 0 Å². The lowest BCUT2D eigenvalue weighted by Crippen LogP contribution is -2.45. The number of carbonyl (C=O) groups is 2. The summed E-state index contributed by atoms with van der Waals surface area (Å²) in [6, 6.07) is 0. The number of aromatic nitrogens is 2. The molecule has 3 N–H and O–H groups in total. The zero-order valence-corrected chi connectivity index (χ0v) is 16.9. The lowest BCUT2D eigenvalue weighted by molar-refractivity contribution is -0.122. The van der Waals surface area contributed by atoms with Crippen LogP contribution in [0.5, 0.6) is 0 Å². The molecule has 0 bridgehead atoms. The van der Waals surface area contributed by atoms with Crippen molar-refractivity contribution < 1.29 is 14.1 Å². The highest BCUT2D eigenvalue weighted by Gasteiger charge is 2.38. The zero-order chi connectivity index (χ0) is 19.8. The molecule has 0 aromatic carbocycles. The van der Waals surface area contributed by atoms with Gasteiger partial charge < -0.3 is 20.5 Å². The first kappa shape index (κ1) is 20.8. The maximum absolute atomic E-state index is 12.1. The molecule has 1 unspecified atom stereocenters. The monoisotopic (exact) mass is 391 g/mol. The van der Waals surface area contributed by atoms with Gasteiger partial charge >= 0.3 is 0 Å². The first-order valence-corrected chi connectivity index (χ1v) is 10.7. The van der Waals surface area contributed by atoms with E-state index < -0.39 is 5.54 Å². The fourth-order valence-corrected chi connectivity index (χ4v) is 4.31. The lowest BCUT2D eigenvalue weighted by atomic mass is 9.89. The van der Waals surface area contributed by atoms with E-state index in [1.165, 1.54) is 13.3 Å². The van der Waals surface area contributed by atoms with E-state index in [0.717, 1.165) is 58.0 Å². The molecule has 1 aliphatic carbocycles. The summed E-state index contributed by atoms with van der Waals surface area (Å²) in [6.07, 6.45) is 8.97. The minimum Gasteiger partial charge on any atom is -0.356 e. The molecule has 1 saturated carbocycles. The molecule has 1 atom stereocenters. The van der Waals surface area contributed by atoms with Gasteiger partial charge in [0.1, 0.15) is 5.54 Å². The second-order valence-corrected chi connectivity index (χ2v) is 8.19. The summed E-state index contributed by atoms with van der Waals surface area (Å²) in [7, 11) is 0. The molecule has 28 heavy (non-hydrogen) atoms. The topological polar surface area (TPSA) is 109 Å². The first-order chi connectivity index (χ1) is 13.6. The SMILES string of the molecule is CC(=O)NC1(c2noc(CCC(=O)NCCC3CCNC3)n2)CCCCCC1. The maximum Gasteiger partial charge on any atom is 0.227 e. The van der Waals surface area contributed by atoms with Crippen LogP contribution in [0.1, 0.15) is 76.4 Å². The molecule has 0 radical (unpaired) electrons.